The largest absolute Gasteiger partial charge is 0.497 e. The molecule has 3 rings (SSSR count). The second kappa shape index (κ2) is 8.31. The minimum absolute atomic E-state index is 0.156. The predicted molar refractivity (Wildman–Crippen MR) is 105 cm³/mol. The van der Waals surface area contributed by atoms with Crippen molar-refractivity contribution in [2.24, 2.45) is 0 Å². The fourth-order valence-electron chi connectivity index (χ4n) is 2.75. The molecule has 0 aliphatic carbocycles. The number of nitrogens with one attached hydrogen (secondary N) is 1. The molecule has 6 nitrogen and oxygen atoms in total. The molecule has 2 aromatic carbocycles. The summed E-state index contributed by atoms with van der Waals surface area (Å²) < 4.78 is 5.18. The highest BCUT2D eigenvalue weighted by Crippen LogP contribution is 2.14. The van der Waals surface area contributed by atoms with Gasteiger partial charge in [-0.1, -0.05) is 24.3 Å². The first kappa shape index (κ1) is 18.4. The van der Waals surface area contributed by atoms with Gasteiger partial charge in [0, 0.05) is 12.6 Å². The smallest absolute Gasteiger partial charge is 0.258 e. The van der Waals surface area contributed by atoms with Crippen molar-refractivity contribution in [1.82, 2.24) is 14.9 Å². The van der Waals surface area contributed by atoms with E-state index in [0.717, 1.165) is 11.3 Å². The van der Waals surface area contributed by atoms with Crippen LogP contribution >= 0.6 is 0 Å². The molecule has 138 valence electrons. The van der Waals surface area contributed by atoms with Crippen LogP contribution in [0.15, 0.2) is 59.4 Å². The standard InChI is InChI=1S/C21H21N3O3/c1-3-24(20(25)12-11-15-7-6-8-16(13-15)27-2)14-19-22-18-10-5-4-9-17(18)21(26)23-19/h4-13H,3,14H2,1-2H3,(H,22,23,26)/b12-11+. The Labute approximate surface area is 157 Å². The number of methoxy groups -OCH3 is 1. The molecule has 0 bridgehead atoms. The zero-order valence-corrected chi connectivity index (χ0v) is 15.3. The number of aromatic nitrogens is 2. The van der Waals surface area contributed by atoms with Crippen LogP contribution in [0.3, 0.4) is 0 Å². The summed E-state index contributed by atoms with van der Waals surface area (Å²) in [5.41, 5.74) is 1.29. The van der Waals surface area contributed by atoms with E-state index in [4.69, 9.17) is 4.74 Å². The van der Waals surface area contributed by atoms with Crippen LogP contribution in [-0.2, 0) is 11.3 Å². The first-order valence-electron chi connectivity index (χ1n) is 8.69. The zero-order chi connectivity index (χ0) is 19.2. The van der Waals surface area contributed by atoms with Crippen molar-refractivity contribution in [3.63, 3.8) is 0 Å². The van der Waals surface area contributed by atoms with Crippen molar-refractivity contribution in [3.05, 3.63) is 76.3 Å². The van der Waals surface area contributed by atoms with Crippen LogP contribution in [-0.4, -0.2) is 34.4 Å². The third kappa shape index (κ3) is 4.41. The topological polar surface area (TPSA) is 75.3 Å². The van der Waals surface area contributed by atoms with Crippen molar-refractivity contribution < 1.29 is 9.53 Å². The molecule has 6 heteroatoms. The van der Waals surface area contributed by atoms with Crippen LogP contribution in [0.4, 0.5) is 0 Å². The van der Waals surface area contributed by atoms with Crippen LogP contribution in [0, 0.1) is 0 Å². The molecule has 3 aromatic rings. The third-order valence-electron chi connectivity index (χ3n) is 4.21. The minimum Gasteiger partial charge on any atom is -0.497 e. The van der Waals surface area contributed by atoms with E-state index in [1.807, 2.05) is 37.3 Å². The minimum atomic E-state index is -0.203. The van der Waals surface area contributed by atoms with Crippen LogP contribution in [0.1, 0.15) is 18.3 Å². The van der Waals surface area contributed by atoms with E-state index in [1.165, 1.54) is 6.08 Å². The number of amides is 1. The van der Waals surface area contributed by atoms with Crippen LogP contribution in [0.25, 0.3) is 17.0 Å². The summed E-state index contributed by atoms with van der Waals surface area (Å²) in [6, 6.07) is 14.6. The molecule has 27 heavy (non-hydrogen) atoms. The van der Waals surface area contributed by atoms with Gasteiger partial charge in [0.15, 0.2) is 0 Å². The Bertz CT molecular complexity index is 1040. The Morgan fingerprint density at radius 1 is 1.22 bits per heavy atom. The molecule has 0 unspecified atom stereocenters. The summed E-state index contributed by atoms with van der Waals surface area (Å²) in [5.74, 6) is 1.04. The van der Waals surface area contributed by atoms with Gasteiger partial charge < -0.3 is 14.6 Å². The van der Waals surface area contributed by atoms with Crippen LogP contribution in [0.2, 0.25) is 0 Å². The summed E-state index contributed by atoms with van der Waals surface area (Å²) >= 11 is 0. The molecule has 0 fully saturated rings. The molecule has 1 N–H and O–H groups in total. The number of hydrogen-bond donors (Lipinski definition) is 1. The molecule has 0 saturated heterocycles. The van der Waals surface area contributed by atoms with Gasteiger partial charge in [-0.3, -0.25) is 9.59 Å². The highest BCUT2D eigenvalue weighted by atomic mass is 16.5. The van der Waals surface area contributed by atoms with E-state index in [0.29, 0.717) is 23.3 Å². The Morgan fingerprint density at radius 2 is 2.04 bits per heavy atom. The molecule has 0 radical (unpaired) electrons. The Kier molecular flexibility index (Phi) is 5.66. The number of fused-ring (bicyclic) bond motifs is 1. The van der Waals surface area contributed by atoms with Gasteiger partial charge in [0.25, 0.3) is 5.56 Å². The van der Waals surface area contributed by atoms with Gasteiger partial charge >= 0.3 is 0 Å². The van der Waals surface area contributed by atoms with E-state index >= 15 is 0 Å². The Hall–Kier alpha value is -3.41. The van der Waals surface area contributed by atoms with Gasteiger partial charge in [-0.15, -0.1) is 0 Å². The average molecular weight is 363 g/mol. The van der Waals surface area contributed by atoms with E-state index in [2.05, 4.69) is 9.97 Å². The van der Waals surface area contributed by atoms with Gasteiger partial charge in [0.2, 0.25) is 5.91 Å². The number of benzene rings is 2. The molecule has 1 aromatic heterocycles. The molecule has 0 aliphatic heterocycles. The summed E-state index contributed by atoms with van der Waals surface area (Å²) in [7, 11) is 1.60. The van der Waals surface area contributed by atoms with Crippen molar-refractivity contribution in [2.45, 2.75) is 13.5 Å². The highest BCUT2D eigenvalue weighted by Gasteiger charge is 2.12. The lowest BCUT2D eigenvalue weighted by Gasteiger charge is -2.18. The first-order chi connectivity index (χ1) is 13.1. The lowest BCUT2D eigenvalue weighted by molar-refractivity contribution is -0.126. The summed E-state index contributed by atoms with van der Waals surface area (Å²) in [4.78, 5) is 33.6. The van der Waals surface area contributed by atoms with Crippen LogP contribution < -0.4 is 10.3 Å². The van der Waals surface area contributed by atoms with Crippen molar-refractivity contribution >= 4 is 22.9 Å². The molecule has 0 atom stereocenters. The fraction of sp³-hybridized carbons (Fsp3) is 0.190. The van der Waals surface area contributed by atoms with Gasteiger partial charge in [-0.05, 0) is 42.8 Å². The number of likely N-dealkylation sites (N-methyl/N-ethyl adjacent to an activating group) is 1. The van der Waals surface area contributed by atoms with Crippen molar-refractivity contribution in [3.8, 4) is 5.75 Å². The van der Waals surface area contributed by atoms with Gasteiger partial charge in [0.05, 0.1) is 24.6 Å². The average Bonchev–Trinajstić information content (AvgIpc) is 2.70. The quantitative estimate of drug-likeness (QED) is 0.683. The summed E-state index contributed by atoms with van der Waals surface area (Å²) in [6.07, 6.45) is 3.25. The number of rotatable bonds is 6. The number of nitrogens with zero attached hydrogens (tertiary/aromatic N) is 2. The van der Waals surface area contributed by atoms with E-state index in [9.17, 15) is 9.59 Å². The number of carbonyl (C=O) groups is 1. The lowest BCUT2D eigenvalue weighted by atomic mass is 10.2. The molecular weight excluding hydrogens is 342 g/mol. The normalized spacial score (nSPS) is 11.0. The number of ether oxygens (including phenoxy) is 1. The highest BCUT2D eigenvalue weighted by molar-refractivity contribution is 5.91. The second-order valence-corrected chi connectivity index (χ2v) is 5.99. The SMILES string of the molecule is CCN(Cc1nc2ccccc2c(=O)[nH]1)C(=O)/C=C/c1cccc(OC)c1. The molecule has 1 amide bonds. The van der Waals surface area contributed by atoms with Gasteiger partial charge in [0.1, 0.15) is 11.6 Å². The van der Waals surface area contributed by atoms with Crippen molar-refractivity contribution in [1.29, 1.82) is 0 Å². The Morgan fingerprint density at radius 3 is 2.81 bits per heavy atom. The second-order valence-electron chi connectivity index (χ2n) is 5.99. The lowest BCUT2D eigenvalue weighted by Crippen LogP contribution is -2.30. The molecule has 0 spiro atoms. The first-order valence-corrected chi connectivity index (χ1v) is 8.69. The zero-order valence-electron chi connectivity index (χ0n) is 15.3. The van der Waals surface area contributed by atoms with E-state index < -0.39 is 0 Å². The summed E-state index contributed by atoms with van der Waals surface area (Å²) in [5, 5.41) is 0.536. The van der Waals surface area contributed by atoms with Crippen molar-refractivity contribution in [2.75, 3.05) is 13.7 Å². The van der Waals surface area contributed by atoms with E-state index in [-0.39, 0.29) is 18.0 Å². The number of hydrogen-bond acceptors (Lipinski definition) is 4. The number of H-pyrrole nitrogens is 1. The maximum absolute atomic E-state index is 12.5. The molecule has 0 aliphatic rings. The maximum atomic E-state index is 12.5. The number of carbonyl (C=O) groups excluding carboxylic acids is 1. The van der Waals surface area contributed by atoms with E-state index in [1.54, 1.807) is 36.3 Å². The Balaban J connectivity index is 1.77. The molecule has 0 saturated carbocycles. The van der Waals surface area contributed by atoms with Gasteiger partial charge in [-0.2, -0.15) is 0 Å². The number of para-hydroxylation sites is 1. The number of aromatic amines is 1. The third-order valence-corrected chi connectivity index (χ3v) is 4.21. The van der Waals surface area contributed by atoms with Gasteiger partial charge in [-0.25, -0.2) is 4.98 Å². The monoisotopic (exact) mass is 363 g/mol. The predicted octanol–water partition coefficient (Wildman–Crippen LogP) is 2.99. The summed E-state index contributed by atoms with van der Waals surface area (Å²) in [6.45, 7) is 2.62. The fourth-order valence-corrected chi connectivity index (χ4v) is 2.75. The molecule has 1 heterocycles. The van der Waals surface area contributed by atoms with Crippen LogP contribution in [0.5, 0.6) is 5.75 Å². The maximum Gasteiger partial charge on any atom is 0.258 e. The molecular formula is C21H21N3O3.